The van der Waals surface area contributed by atoms with Crippen LogP contribution in [-0.4, -0.2) is 16.6 Å². The Balaban J connectivity index is 2.25. The molecule has 1 amide bonds. The fourth-order valence-electron chi connectivity index (χ4n) is 1.73. The van der Waals surface area contributed by atoms with Crippen molar-refractivity contribution in [1.82, 2.24) is 10.6 Å². The van der Waals surface area contributed by atoms with E-state index in [1.807, 2.05) is 0 Å². The smallest absolute Gasteiger partial charge is 0.251 e. The molecule has 0 aliphatic carbocycles. The van der Waals surface area contributed by atoms with E-state index in [-0.39, 0.29) is 18.1 Å². The van der Waals surface area contributed by atoms with Crippen molar-refractivity contribution in [3.8, 4) is 0 Å². The zero-order valence-corrected chi connectivity index (χ0v) is 9.53. The van der Waals surface area contributed by atoms with Crippen LogP contribution in [0.1, 0.15) is 12.5 Å². The maximum absolute atomic E-state index is 13.4. The Morgan fingerprint density at radius 2 is 2.12 bits per heavy atom. The van der Waals surface area contributed by atoms with Crippen LogP contribution in [0.25, 0.3) is 0 Å². The second-order valence-electron chi connectivity index (χ2n) is 4.01. The second-order valence-corrected chi connectivity index (χ2v) is 4.42. The SMILES string of the molecule is CC1(Cc2ccccc2F)NC(=S)NC1=O. The van der Waals surface area contributed by atoms with Crippen LogP contribution in [0, 0.1) is 5.82 Å². The highest BCUT2D eigenvalue weighted by atomic mass is 32.1. The molecule has 1 aromatic rings. The van der Waals surface area contributed by atoms with E-state index in [4.69, 9.17) is 12.2 Å². The highest BCUT2D eigenvalue weighted by molar-refractivity contribution is 7.80. The summed E-state index contributed by atoms with van der Waals surface area (Å²) < 4.78 is 13.4. The van der Waals surface area contributed by atoms with Crippen LogP contribution < -0.4 is 10.6 Å². The van der Waals surface area contributed by atoms with Crippen LogP contribution in [-0.2, 0) is 11.2 Å². The fraction of sp³-hybridized carbons (Fsp3) is 0.273. The summed E-state index contributed by atoms with van der Waals surface area (Å²) in [5.41, 5.74) is -0.364. The number of hydrogen-bond acceptors (Lipinski definition) is 2. The van der Waals surface area contributed by atoms with Gasteiger partial charge in [-0.3, -0.25) is 4.79 Å². The summed E-state index contributed by atoms with van der Waals surface area (Å²) in [4.78, 5) is 11.6. The van der Waals surface area contributed by atoms with Crippen LogP contribution in [0.4, 0.5) is 4.39 Å². The molecule has 0 bridgehead atoms. The lowest BCUT2D eigenvalue weighted by Crippen LogP contribution is -2.45. The Hall–Kier alpha value is -1.49. The number of carbonyl (C=O) groups is 1. The number of benzene rings is 1. The first kappa shape index (κ1) is 11.0. The summed E-state index contributed by atoms with van der Waals surface area (Å²) in [7, 11) is 0. The molecular formula is C11H11FN2OS. The first-order valence-electron chi connectivity index (χ1n) is 4.88. The van der Waals surface area contributed by atoms with Crippen molar-refractivity contribution in [2.24, 2.45) is 0 Å². The monoisotopic (exact) mass is 238 g/mol. The predicted octanol–water partition coefficient (Wildman–Crippen LogP) is 1.13. The molecule has 84 valence electrons. The summed E-state index contributed by atoms with van der Waals surface area (Å²) in [6.07, 6.45) is 0.269. The molecule has 1 aliphatic heterocycles. The number of thiocarbonyl (C=S) groups is 1. The topological polar surface area (TPSA) is 41.1 Å². The Kier molecular flexibility index (Phi) is 2.63. The molecule has 1 atom stereocenters. The molecule has 0 spiro atoms. The number of hydrogen-bond donors (Lipinski definition) is 2. The molecule has 1 heterocycles. The molecule has 0 radical (unpaired) electrons. The number of amides is 1. The van der Waals surface area contributed by atoms with Gasteiger partial charge in [0.2, 0.25) is 0 Å². The summed E-state index contributed by atoms with van der Waals surface area (Å²) in [5, 5.41) is 5.66. The van der Waals surface area contributed by atoms with Crippen molar-refractivity contribution >= 4 is 23.2 Å². The van der Waals surface area contributed by atoms with Crippen molar-refractivity contribution in [1.29, 1.82) is 0 Å². The van der Waals surface area contributed by atoms with Crippen LogP contribution in [0.3, 0.4) is 0 Å². The highest BCUT2D eigenvalue weighted by Crippen LogP contribution is 2.19. The van der Waals surface area contributed by atoms with Crippen molar-refractivity contribution < 1.29 is 9.18 Å². The van der Waals surface area contributed by atoms with E-state index >= 15 is 0 Å². The molecule has 3 nitrogen and oxygen atoms in total. The van der Waals surface area contributed by atoms with E-state index in [0.717, 1.165) is 0 Å². The van der Waals surface area contributed by atoms with E-state index < -0.39 is 5.54 Å². The normalized spacial score (nSPS) is 24.1. The minimum atomic E-state index is -0.862. The molecular weight excluding hydrogens is 227 g/mol. The van der Waals surface area contributed by atoms with Gasteiger partial charge >= 0.3 is 0 Å². The molecule has 0 saturated carbocycles. The Bertz CT molecular complexity index is 463. The van der Waals surface area contributed by atoms with E-state index in [9.17, 15) is 9.18 Å². The van der Waals surface area contributed by atoms with Gasteiger partial charge in [0.1, 0.15) is 11.4 Å². The lowest BCUT2D eigenvalue weighted by Gasteiger charge is -2.21. The third kappa shape index (κ3) is 1.90. The minimum absolute atomic E-state index is 0.222. The maximum Gasteiger partial charge on any atom is 0.251 e. The lowest BCUT2D eigenvalue weighted by molar-refractivity contribution is -0.123. The molecule has 1 saturated heterocycles. The molecule has 1 fully saturated rings. The molecule has 1 unspecified atom stereocenters. The highest BCUT2D eigenvalue weighted by Gasteiger charge is 2.40. The van der Waals surface area contributed by atoms with E-state index in [0.29, 0.717) is 10.7 Å². The number of nitrogens with one attached hydrogen (secondary N) is 2. The first-order chi connectivity index (χ1) is 7.51. The summed E-state index contributed by atoms with van der Waals surface area (Å²) >= 11 is 4.86. The van der Waals surface area contributed by atoms with Crippen LogP contribution in [0.15, 0.2) is 24.3 Å². The van der Waals surface area contributed by atoms with Gasteiger partial charge in [-0.2, -0.15) is 0 Å². The van der Waals surface area contributed by atoms with E-state index in [1.54, 1.807) is 25.1 Å². The van der Waals surface area contributed by atoms with Crippen LogP contribution in [0.2, 0.25) is 0 Å². The summed E-state index contributed by atoms with van der Waals surface area (Å²) in [6, 6.07) is 6.40. The van der Waals surface area contributed by atoms with Gasteiger partial charge in [-0.05, 0) is 30.8 Å². The van der Waals surface area contributed by atoms with Gasteiger partial charge in [0, 0.05) is 6.42 Å². The minimum Gasteiger partial charge on any atom is -0.348 e. The third-order valence-electron chi connectivity index (χ3n) is 2.62. The molecule has 0 aromatic heterocycles. The molecule has 5 heteroatoms. The zero-order valence-electron chi connectivity index (χ0n) is 8.71. The van der Waals surface area contributed by atoms with Crippen molar-refractivity contribution in [2.45, 2.75) is 18.9 Å². The number of halogens is 1. The standard InChI is InChI=1S/C11H11FN2OS/c1-11(9(15)13-10(16)14-11)6-7-4-2-3-5-8(7)12/h2-5H,6H2,1H3,(H2,13,14,15,16). The Morgan fingerprint density at radius 3 is 2.69 bits per heavy atom. The zero-order chi connectivity index (χ0) is 11.8. The largest absolute Gasteiger partial charge is 0.348 e. The summed E-state index contributed by atoms with van der Waals surface area (Å²) in [6.45, 7) is 1.70. The third-order valence-corrected chi connectivity index (χ3v) is 2.82. The quantitative estimate of drug-likeness (QED) is 0.759. The first-order valence-corrected chi connectivity index (χ1v) is 5.29. The van der Waals surface area contributed by atoms with Gasteiger partial charge < -0.3 is 10.6 Å². The van der Waals surface area contributed by atoms with Gasteiger partial charge in [0.15, 0.2) is 5.11 Å². The number of rotatable bonds is 2. The molecule has 1 aliphatic rings. The van der Waals surface area contributed by atoms with Crippen LogP contribution in [0.5, 0.6) is 0 Å². The molecule has 16 heavy (non-hydrogen) atoms. The van der Waals surface area contributed by atoms with Crippen LogP contribution >= 0.6 is 12.2 Å². The average Bonchev–Trinajstić information content (AvgIpc) is 2.45. The van der Waals surface area contributed by atoms with Gasteiger partial charge in [-0.15, -0.1) is 0 Å². The second kappa shape index (κ2) is 3.83. The van der Waals surface area contributed by atoms with Gasteiger partial charge in [-0.25, -0.2) is 4.39 Å². The molecule has 2 N–H and O–H groups in total. The number of carbonyl (C=O) groups excluding carboxylic acids is 1. The van der Waals surface area contributed by atoms with E-state index in [1.165, 1.54) is 6.07 Å². The Morgan fingerprint density at radius 1 is 1.44 bits per heavy atom. The van der Waals surface area contributed by atoms with Crippen molar-refractivity contribution in [2.75, 3.05) is 0 Å². The van der Waals surface area contributed by atoms with Gasteiger partial charge in [-0.1, -0.05) is 18.2 Å². The van der Waals surface area contributed by atoms with E-state index in [2.05, 4.69) is 10.6 Å². The average molecular weight is 238 g/mol. The molecule has 2 rings (SSSR count). The van der Waals surface area contributed by atoms with Gasteiger partial charge in [0.25, 0.3) is 5.91 Å². The predicted molar refractivity (Wildman–Crippen MR) is 62.4 cm³/mol. The van der Waals surface area contributed by atoms with Gasteiger partial charge in [0.05, 0.1) is 0 Å². The maximum atomic E-state index is 13.4. The van der Waals surface area contributed by atoms with Crippen molar-refractivity contribution in [3.63, 3.8) is 0 Å². The fourth-order valence-corrected chi connectivity index (χ4v) is 2.04. The van der Waals surface area contributed by atoms with Crippen molar-refractivity contribution in [3.05, 3.63) is 35.6 Å². The summed E-state index contributed by atoms with van der Waals surface area (Å²) in [5.74, 6) is -0.531. The Labute approximate surface area is 98.0 Å². The lowest BCUT2D eigenvalue weighted by atomic mass is 9.93. The molecule has 1 aromatic carbocycles.